The second kappa shape index (κ2) is 3.81. The van der Waals surface area contributed by atoms with Gasteiger partial charge < -0.3 is 9.73 Å². The van der Waals surface area contributed by atoms with Gasteiger partial charge >= 0.3 is 0 Å². The summed E-state index contributed by atoms with van der Waals surface area (Å²) in [5.74, 6) is -0.543. The molecule has 1 heterocycles. The van der Waals surface area contributed by atoms with Crippen molar-refractivity contribution in [3.8, 4) is 0 Å². The van der Waals surface area contributed by atoms with Crippen LogP contribution in [0.3, 0.4) is 0 Å². The Morgan fingerprint density at radius 3 is 2.64 bits per heavy atom. The average Bonchev–Trinajstić information content (AvgIpc) is 2.51. The van der Waals surface area contributed by atoms with E-state index >= 15 is 0 Å². The molecule has 0 aliphatic rings. The molecule has 0 bridgehead atoms. The molecule has 0 unspecified atom stereocenters. The van der Waals surface area contributed by atoms with Gasteiger partial charge in [0, 0.05) is 6.54 Å². The van der Waals surface area contributed by atoms with Crippen molar-refractivity contribution in [1.82, 2.24) is 5.32 Å². The van der Waals surface area contributed by atoms with Crippen molar-refractivity contribution in [2.45, 2.75) is 12.0 Å². The molecule has 0 spiro atoms. The molecule has 3 N–H and O–H groups in total. The Morgan fingerprint density at radius 1 is 1.57 bits per heavy atom. The maximum atomic E-state index is 11.1. The van der Waals surface area contributed by atoms with Gasteiger partial charge in [-0.15, -0.1) is 0 Å². The molecule has 1 aromatic rings. The standard InChI is InChI=1S/C7H10N2O4S/c1-2-9-7(10)5-3-4-6(13-5)14(8,11)12/h3-4H,2H2,1H3,(H,9,10)(H2,8,11,12). The van der Waals surface area contributed by atoms with Crippen molar-refractivity contribution < 1.29 is 17.6 Å². The summed E-state index contributed by atoms with van der Waals surface area (Å²) in [4.78, 5) is 11.1. The zero-order chi connectivity index (χ0) is 10.8. The van der Waals surface area contributed by atoms with Gasteiger partial charge in [0.2, 0.25) is 5.09 Å². The minimum atomic E-state index is -3.88. The summed E-state index contributed by atoms with van der Waals surface area (Å²) in [7, 11) is -3.88. The number of sulfonamides is 1. The first-order chi connectivity index (χ1) is 6.45. The summed E-state index contributed by atoms with van der Waals surface area (Å²) < 4.78 is 26.3. The summed E-state index contributed by atoms with van der Waals surface area (Å²) >= 11 is 0. The molecule has 1 rings (SSSR count). The second-order valence-electron chi connectivity index (χ2n) is 2.52. The zero-order valence-corrected chi connectivity index (χ0v) is 8.30. The van der Waals surface area contributed by atoms with Crippen LogP contribution in [0.15, 0.2) is 21.6 Å². The molecule has 1 amide bonds. The number of carbonyl (C=O) groups excluding carboxylic acids is 1. The quantitative estimate of drug-likeness (QED) is 0.725. The Bertz CT molecular complexity index is 434. The predicted molar refractivity (Wildman–Crippen MR) is 48.1 cm³/mol. The second-order valence-corrected chi connectivity index (χ2v) is 4.02. The maximum absolute atomic E-state index is 11.1. The van der Waals surface area contributed by atoms with Crippen LogP contribution in [0, 0.1) is 0 Å². The first-order valence-corrected chi connectivity index (χ1v) is 5.40. The van der Waals surface area contributed by atoms with Crippen molar-refractivity contribution in [3.63, 3.8) is 0 Å². The number of rotatable bonds is 3. The van der Waals surface area contributed by atoms with E-state index in [1.165, 1.54) is 6.07 Å². The van der Waals surface area contributed by atoms with Gasteiger partial charge in [-0.1, -0.05) is 0 Å². The highest BCUT2D eigenvalue weighted by Gasteiger charge is 2.16. The van der Waals surface area contributed by atoms with E-state index in [-0.39, 0.29) is 5.76 Å². The minimum Gasteiger partial charge on any atom is -0.438 e. The van der Waals surface area contributed by atoms with Crippen LogP contribution in [0.1, 0.15) is 17.5 Å². The number of nitrogens with one attached hydrogen (secondary N) is 1. The van der Waals surface area contributed by atoms with Crippen molar-refractivity contribution in [3.05, 3.63) is 17.9 Å². The average molecular weight is 218 g/mol. The highest BCUT2D eigenvalue weighted by Crippen LogP contribution is 2.11. The summed E-state index contributed by atoms with van der Waals surface area (Å²) in [6.45, 7) is 2.17. The number of nitrogens with two attached hydrogens (primary N) is 1. The molecular formula is C7H10N2O4S. The monoisotopic (exact) mass is 218 g/mol. The third-order valence-electron chi connectivity index (χ3n) is 1.42. The van der Waals surface area contributed by atoms with Gasteiger partial charge in [0.15, 0.2) is 5.76 Å². The number of hydrogen-bond acceptors (Lipinski definition) is 4. The normalized spacial score (nSPS) is 11.3. The van der Waals surface area contributed by atoms with Crippen LogP contribution in [0.2, 0.25) is 0 Å². The van der Waals surface area contributed by atoms with E-state index in [2.05, 4.69) is 5.32 Å². The fraction of sp³-hybridized carbons (Fsp3) is 0.286. The van der Waals surface area contributed by atoms with E-state index in [1.54, 1.807) is 6.92 Å². The minimum absolute atomic E-state index is 0.0733. The fourth-order valence-corrected chi connectivity index (χ4v) is 1.31. The van der Waals surface area contributed by atoms with Crippen LogP contribution in [0.5, 0.6) is 0 Å². The van der Waals surface area contributed by atoms with Crippen LogP contribution in [-0.4, -0.2) is 20.9 Å². The van der Waals surface area contributed by atoms with E-state index in [0.29, 0.717) is 6.54 Å². The topological polar surface area (TPSA) is 102 Å². The number of amides is 1. The molecule has 0 radical (unpaired) electrons. The number of furan rings is 1. The molecular weight excluding hydrogens is 208 g/mol. The lowest BCUT2D eigenvalue weighted by Crippen LogP contribution is -2.22. The molecule has 6 nitrogen and oxygen atoms in total. The highest BCUT2D eigenvalue weighted by atomic mass is 32.2. The van der Waals surface area contributed by atoms with Gasteiger partial charge in [-0.05, 0) is 19.1 Å². The van der Waals surface area contributed by atoms with Gasteiger partial charge in [0.1, 0.15) is 0 Å². The fourth-order valence-electron chi connectivity index (χ4n) is 0.843. The first-order valence-electron chi connectivity index (χ1n) is 3.86. The van der Waals surface area contributed by atoms with Crippen LogP contribution in [-0.2, 0) is 10.0 Å². The molecule has 0 saturated carbocycles. The molecule has 0 saturated heterocycles. The van der Waals surface area contributed by atoms with Crippen LogP contribution in [0.4, 0.5) is 0 Å². The van der Waals surface area contributed by atoms with Crippen molar-refractivity contribution >= 4 is 15.9 Å². The summed E-state index contributed by atoms with van der Waals surface area (Å²) in [6, 6.07) is 2.39. The van der Waals surface area contributed by atoms with Crippen LogP contribution in [0.25, 0.3) is 0 Å². The Balaban J connectivity index is 2.94. The molecule has 0 aliphatic carbocycles. The van der Waals surface area contributed by atoms with E-state index in [9.17, 15) is 13.2 Å². The molecule has 1 aromatic heterocycles. The molecule has 0 aliphatic heterocycles. The van der Waals surface area contributed by atoms with E-state index in [0.717, 1.165) is 6.07 Å². The molecule has 14 heavy (non-hydrogen) atoms. The summed E-state index contributed by atoms with van der Waals surface area (Å²) in [6.07, 6.45) is 0. The summed E-state index contributed by atoms with van der Waals surface area (Å²) in [5, 5.41) is 6.83. The number of primary sulfonamides is 1. The molecule has 0 atom stereocenters. The van der Waals surface area contributed by atoms with Crippen molar-refractivity contribution in [2.24, 2.45) is 5.14 Å². The summed E-state index contributed by atoms with van der Waals surface area (Å²) in [5.41, 5.74) is 0. The van der Waals surface area contributed by atoms with E-state index in [1.807, 2.05) is 0 Å². The largest absolute Gasteiger partial charge is 0.438 e. The lowest BCUT2D eigenvalue weighted by molar-refractivity contribution is 0.0923. The number of hydrogen-bond donors (Lipinski definition) is 2. The third-order valence-corrected chi connectivity index (χ3v) is 2.20. The van der Waals surface area contributed by atoms with Gasteiger partial charge in [0.05, 0.1) is 0 Å². The number of carbonyl (C=O) groups is 1. The highest BCUT2D eigenvalue weighted by molar-refractivity contribution is 7.89. The van der Waals surface area contributed by atoms with Crippen molar-refractivity contribution in [2.75, 3.05) is 6.54 Å². The van der Waals surface area contributed by atoms with E-state index < -0.39 is 21.0 Å². The SMILES string of the molecule is CCNC(=O)c1ccc(S(N)(=O)=O)o1. The van der Waals surface area contributed by atoms with Gasteiger partial charge in [0.25, 0.3) is 15.9 Å². The van der Waals surface area contributed by atoms with Gasteiger partial charge in [-0.25, -0.2) is 13.6 Å². The molecule has 0 aromatic carbocycles. The molecule has 7 heteroatoms. The Labute approximate surface area is 81.1 Å². The lowest BCUT2D eigenvalue weighted by Gasteiger charge is -1.96. The Morgan fingerprint density at radius 2 is 2.21 bits per heavy atom. The van der Waals surface area contributed by atoms with E-state index in [4.69, 9.17) is 9.56 Å². The van der Waals surface area contributed by atoms with Crippen LogP contribution < -0.4 is 10.5 Å². The third kappa shape index (κ3) is 2.33. The van der Waals surface area contributed by atoms with Crippen molar-refractivity contribution in [1.29, 1.82) is 0 Å². The molecule has 78 valence electrons. The predicted octanol–water partition coefficient (Wildman–Crippen LogP) is -0.323. The lowest BCUT2D eigenvalue weighted by atomic mass is 10.4. The zero-order valence-electron chi connectivity index (χ0n) is 7.48. The smallest absolute Gasteiger partial charge is 0.287 e. The van der Waals surface area contributed by atoms with Gasteiger partial charge in [-0.3, -0.25) is 4.79 Å². The first kappa shape index (κ1) is 10.7. The molecule has 0 fully saturated rings. The Kier molecular flexibility index (Phi) is 2.92. The van der Waals surface area contributed by atoms with Crippen LogP contribution >= 0.6 is 0 Å². The van der Waals surface area contributed by atoms with Gasteiger partial charge in [-0.2, -0.15) is 0 Å². The maximum Gasteiger partial charge on any atom is 0.287 e. The Hall–Kier alpha value is -1.34.